The number of carbonyl (C=O) groups is 1. The number of para-hydroxylation sites is 1. The molecule has 0 fully saturated rings. The summed E-state index contributed by atoms with van der Waals surface area (Å²) in [6, 6.07) is 24.5. The molecule has 0 bridgehead atoms. The third kappa shape index (κ3) is 5.83. The van der Waals surface area contributed by atoms with Crippen LogP contribution in [0, 0.1) is 0 Å². The molecule has 2 atom stereocenters. The van der Waals surface area contributed by atoms with Crippen LogP contribution >= 0.6 is 0 Å². The molecule has 0 saturated carbocycles. The molecule has 1 aliphatic heterocycles. The molecule has 1 aliphatic rings. The molecular formula is C32H36N4O3. The Morgan fingerprint density at radius 2 is 1.77 bits per heavy atom. The molecule has 4 aromatic rings. The number of benzene rings is 3. The highest BCUT2D eigenvalue weighted by atomic mass is 16.5. The van der Waals surface area contributed by atoms with Gasteiger partial charge in [-0.25, -0.2) is 4.79 Å². The molecule has 1 aromatic heterocycles. The van der Waals surface area contributed by atoms with E-state index in [2.05, 4.69) is 69.9 Å². The Labute approximate surface area is 230 Å². The first kappa shape index (κ1) is 26.5. The molecule has 5 rings (SSSR count). The Hall–Kier alpha value is -4.10. The van der Waals surface area contributed by atoms with Gasteiger partial charge in [0.25, 0.3) is 0 Å². The van der Waals surface area contributed by atoms with Crippen LogP contribution in [0.2, 0.25) is 0 Å². The van der Waals surface area contributed by atoms with E-state index in [9.17, 15) is 4.79 Å². The first-order chi connectivity index (χ1) is 19.1. The zero-order chi connectivity index (χ0) is 27.2. The number of rotatable bonds is 9. The normalized spacial score (nSPS) is 15.8. The Kier molecular flexibility index (Phi) is 8.27. The zero-order valence-electron chi connectivity index (χ0n) is 22.8. The van der Waals surface area contributed by atoms with Crippen molar-refractivity contribution in [3.8, 4) is 11.5 Å². The van der Waals surface area contributed by atoms with E-state index in [1.807, 2.05) is 30.3 Å². The highest BCUT2D eigenvalue weighted by Gasteiger charge is 2.33. The van der Waals surface area contributed by atoms with E-state index >= 15 is 0 Å². The first-order valence-corrected chi connectivity index (χ1v) is 13.5. The number of urea groups is 1. The van der Waals surface area contributed by atoms with E-state index < -0.39 is 0 Å². The predicted octanol–water partition coefficient (Wildman–Crippen LogP) is 6.17. The van der Waals surface area contributed by atoms with Crippen molar-refractivity contribution in [2.45, 2.75) is 31.7 Å². The van der Waals surface area contributed by atoms with Gasteiger partial charge in [0, 0.05) is 43.2 Å². The average Bonchev–Trinajstić information content (AvgIpc) is 2.98. The van der Waals surface area contributed by atoms with Crippen molar-refractivity contribution >= 4 is 22.6 Å². The molecule has 3 aromatic carbocycles. The summed E-state index contributed by atoms with van der Waals surface area (Å²) in [6.45, 7) is 4.69. The third-order valence-electron chi connectivity index (χ3n) is 7.63. The lowest BCUT2D eigenvalue weighted by atomic mass is 9.81. The van der Waals surface area contributed by atoms with Crippen LogP contribution in [-0.4, -0.2) is 49.8 Å². The van der Waals surface area contributed by atoms with Gasteiger partial charge in [0.05, 0.1) is 25.4 Å². The van der Waals surface area contributed by atoms with E-state index in [1.165, 1.54) is 16.7 Å². The van der Waals surface area contributed by atoms with Crippen molar-refractivity contribution in [2.24, 2.45) is 0 Å². The molecule has 0 saturated heterocycles. The standard InChI is InChI=1S/C32H36N4O3/c1-22(23-10-5-4-6-11-23)31-26-21-30(39-3)29(38-2)20-24(26)15-19-36(31)18-9-16-34-32(37)35-28-14-17-33-27-13-8-7-12-25(27)28/h4-8,10-14,17,20-22,31H,9,15-16,18-19H2,1-3H3,(H2,33,34,35,37). The number of carbonyl (C=O) groups excluding carboxylic acids is 1. The number of methoxy groups -OCH3 is 2. The first-order valence-electron chi connectivity index (χ1n) is 13.5. The van der Waals surface area contributed by atoms with Gasteiger partial charge in [0.15, 0.2) is 11.5 Å². The summed E-state index contributed by atoms with van der Waals surface area (Å²) in [7, 11) is 3.37. The van der Waals surface area contributed by atoms with Crippen molar-refractivity contribution in [2.75, 3.05) is 39.2 Å². The second kappa shape index (κ2) is 12.2. The Bertz CT molecular complexity index is 1420. The van der Waals surface area contributed by atoms with Crippen LogP contribution in [-0.2, 0) is 6.42 Å². The van der Waals surface area contributed by atoms with Crippen LogP contribution in [0.25, 0.3) is 10.9 Å². The highest BCUT2D eigenvalue weighted by Crippen LogP contribution is 2.44. The zero-order valence-corrected chi connectivity index (χ0v) is 22.8. The SMILES string of the molecule is COc1cc2c(cc1OC)C(C(C)c1ccccc1)N(CCCNC(=O)Nc1ccnc3ccccc13)CC2. The monoisotopic (exact) mass is 524 g/mol. The van der Waals surface area contributed by atoms with Gasteiger partial charge in [0.1, 0.15) is 0 Å². The van der Waals surface area contributed by atoms with E-state index in [-0.39, 0.29) is 18.0 Å². The summed E-state index contributed by atoms with van der Waals surface area (Å²) in [5.74, 6) is 1.80. The number of nitrogens with one attached hydrogen (secondary N) is 2. The molecular weight excluding hydrogens is 488 g/mol. The highest BCUT2D eigenvalue weighted by molar-refractivity contribution is 6.00. The lowest BCUT2D eigenvalue weighted by molar-refractivity contribution is 0.161. The molecule has 2 N–H and O–H groups in total. The molecule has 0 radical (unpaired) electrons. The minimum Gasteiger partial charge on any atom is -0.493 e. The number of amides is 2. The fourth-order valence-electron chi connectivity index (χ4n) is 5.66. The third-order valence-corrected chi connectivity index (χ3v) is 7.63. The topological polar surface area (TPSA) is 75.7 Å². The fraction of sp³-hybridized carbons (Fsp3) is 0.312. The number of fused-ring (bicyclic) bond motifs is 2. The van der Waals surface area contributed by atoms with Gasteiger partial charge >= 0.3 is 6.03 Å². The number of hydrogen-bond acceptors (Lipinski definition) is 5. The molecule has 7 nitrogen and oxygen atoms in total. The summed E-state index contributed by atoms with van der Waals surface area (Å²) in [6.07, 6.45) is 3.49. The van der Waals surface area contributed by atoms with Gasteiger partial charge in [0.2, 0.25) is 0 Å². The molecule has 39 heavy (non-hydrogen) atoms. The number of ether oxygens (including phenoxy) is 2. The van der Waals surface area contributed by atoms with Gasteiger partial charge in [-0.3, -0.25) is 9.88 Å². The maximum absolute atomic E-state index is 12.7. The van der Waals surface area contributed by atoms with E-state index in [1.54, 1.807) is 20.4 Å². The van der Waals surface area contributed by atoms with Crippen molar-refractivity contribution < 1.29 is 14.3 Å². The quantitative estimate of drug-likeness (QED) is 0.256. The summed E-state index contributed by atoms with van der Waals surface area (Å²) < 4.78 is 11.3. The fourth-order valence-corrected chi connectivity index (χ4v) is 5.66. The predicted molar refractivity (Wildman–Crippen MR) is 156 cm³/mol. The van der Waals surface area contributed by atoms with Crippen LogP contribution in [0.4, 0.5) is 10.5 Å². The largest absolute Gasteiger partial charge is 0.493 e. The van der Waals surface area contributed by atoms with Crippen molar-refractivity contribution in [3.05, 3.63) is 95.7 Å². The van der Waals surface area contributed by atoms with Crippen LogP contribution in [0.3, 0.4) is 0 Å². The van der Waals surface area contributed by atoms with Crippen molar-refractivity contribution in [1.29, 1.82) is 0 Å². The second-order valence-corrected chi connectivity index (χ2v) is 9.95. The molecule has 7 heteroatoms. The second-order valence-electron chi connectivity index (χ2n) is 9.95. The van der Waals surface area contributed by atoms with Crippen LogP contribution < -0.4 is 20.1 Å². The number of nitrogens with zero attached hydrogens (tertiary/aromatic N) is 2. The van der Waals surface area contributed by atoms with Crippen LogP contribution in [0.1, 0.15) is 42.0 Å². The van der Waals surface area contributed by atoms with Crippen molar-refractivity contribution in [1.82, 2.24) is 15.2 Å². The smallest absolute Gasteiger partial charge is 0.319 e. The lowest BCUT2D eigenvalue weighted by Crippen LogP contribution is -2.40. The van der Waals surface area contributed by atoms with E-state index in [4.69, 9.17) is 9.47 Å². The van der Waals surface area contributed by atoms with E-state index in [0.717, 1.165) is 54.0 Å². The Morgan fingerprint density at radius 3 is 2.56 bits per heavy atom. The molecule has 2 heterocycles. The number of anilines is 1. The van der Waals surface area contributed by atoms with Crippen LogP contribution in [0.5, 0.6) is 11.5 Å². The summed E-state index contributed by atoms with van der Waals surface area (Å²) in [4.78, 5) is 19.6. The maximum Gasteiger partial charge on any atom is 0.319 e. The molecule has 2 unspecified atom stereocenters. The maximum atomic E-state index is 12.7. The molecule has 0 spiro atoms. The summed E-state index contributed by atoms with van der Waals surface area (Å²) >= 11 is 0. The molecule has 202 valence electrons. The van der Waals surface area contributed by atoms with Crippen molar-refractivity contribution in [3.63, 3.8) is 0 Å². The van der Waals surface area contributed by atoms with Gasteiger partial charge in [-0.05, 0) is 53.8 Å². The lowest BCUT2D eigenvalue weighted by Gasteiger charge is -2.41. The minimum atomic E-state index is -0.207. The van der Waals surface area contributed by atoms with Gasteiger partial charge in [-0.15, -0.1) is 0 Å². The van der Waals surface area contributed by atoms with Gasteiger partial charge in [-0.2, -0.15) is 0 Å². The molecule has 0 aliphatic carbocycles. The Balaban J connectivity index is 1.27. The molecule has 2 amide bonds. The summed E-state index contributed by atoms with van der Waals surface area (Å²) in [5, 5.41) is 6.93. The van der Waals surface area contributed by atoms with Gasteiger partial charge in [-0.1, -0.05) is 55.5 Å². The number of aromatic nitrogens is 1. The number of hydrogen-bond donors (Lipinski definition) is 2. The van der Waals surface area contributed by atoms with Gasteiger partial charge < -0.3 is 20.1 Å². The summed E-state index contributed by atoms with van der Waals surface area (Å²) in [5.41, 5.74) is 5.50. The Morgan fingerprint density at radius 1 is 1.03 bits per heavy atom. The average molecular weight is 525 g/mol. The van der Waals surface area contributed by atoms with E-state index in [0.29, 0.717) is 6.54 Å². The van der Waals surface area contributed by atoms with Crippen LogP contribution in [0.15, 0.2) is 79.0 Å². The number of pyridine rings is 1. The minimum absolute atomic E-state index is 0.188.